The maximum Gasteiger partial charge on any atom is 0.121 e. The molecular weight excluding hydrogens is 168 g/mol. The predicted molar refractivity (Wildman–Crippen MR) is 48.2 cm³/mol. The molecule has 0 atom stereocenters. The van der Waals surface area contributed by atoms with E-state index in [2.05, 4.69) is 0 Å². The second kappa shape index (κ2) is 4.33. The minimum Gasteiger partial charge on any atom is -0.491 e. The van der Waals surface area contributed by atoms with E-state index in [1.165, 1.54) is 0 Å². The fraction of sp³-hybridized carbons (Fsp3) is 0.222. The van der Waals surface area contributed by atoms with Gasteiger partial charge in [-0.05, 0) is 12.1 Å². The third kappa shape index (κ3) is 2.36. The number of nitriles is 1. The van der Waals surface area contributed by atoms with E-state index in [9.17, 15) is 0 Å². The predicted octanol–water partition coefficient (Wildman–Crippen LogP) is 0.512. The molecule has 3 N–H and O–H groups in total. The van der Waals surface area contributed by atoms with Crippen LogP contribution < -0.4 is 10.5 Å². The summed E-state index contributed by atoms with van der Waals surface area (Å²) in [5, 5.41) is 17.1. The number of nitrogens with zero attached hydrogens (tertiary/aromatic N) is 1. The molecule has 0 saturated heterocycles. The van der Waals surface area contributed by atoms with Crippen LogP contribution in [0.25, 0.3) is 0 Å². The van der Waals surface area contributed by atoms with E-state index < -0.39 is 0 Å². The van der Waals surface area contributed by atoms with Gasteiger partial charge in [0.25, 0.3) is 0 Å². The minimum absolute atomic E-state index is 0.0418. The van der Waals surface area contributed by atoms with Gasteiger partial charge in [-0.25, -0.2) is 0 Å². The van der Waals surface area contributed by atoms with E-state index in [1.54, 1.807) is 18.2 Å². The Bertz CT molecular complexity index is 331. The Labute approximate surface area is 76.2 Å². The van der Waals surface area contributed by atoms with Crippen LogP contribution in [0.2, 0.25) is 0 Å². The molecular formula is C9H10N2O2. The Morgan fingerprint density at radius 1 is 1.54 bits per heavy atom. The molecule has 4 heteroatoms. The van der Waals surface area contributed by atoms with Crippen molar-refractivity contribution in [1.82, 2.24) is 0 Å². The number of nitrogens with two attached hydrogens (primary N) is 1. The molecule has 13 heavy (non-hydrogen) atoms. The van der Waals surface area contributed by atoms with Gasteiger partial charge in [-0.15, -0.1) is 0 Å². The zero-order chi connectivity index (χ0) is 9.68. The van der Waals surface area contributed by atoms with E-state index in [4.69, 9.17) is 20.8 Å². The molecule has 68 valence electrons. The maximum atomic E-state index is 8.57. The Balaban J connectivity index is 2.79. The highest BCUT2D eigenvalue weighted by atomic mass is 16.5. The molecule has 0 aliphatic heterocycles. The summed E-state index contributed by atoms with van der Waals surface area (Å²) in [4.78, 5) is 0. The molecule has 0 aliphatic carbocycles. The summed E-state index contributed by atoms with van der Waals surface area (Å²) >= 11 is 0. The second-order valence-corrected chi connectivity index (χ2v) is 2.43. The second-order valence-electron chi connectivity index (χ2n) is 2.43. The lowest BCUT2D eigenvalue weighted by molar-refractivity contribution is 0.201. The lowest BCUT2D eigenvalue weighted by Gasteiger charge is -2.05. The number of rotatable bonds is 3. The van der Waals surface area contributed by atoms with Gasteiger partial charge in [0.1, 0.15) is 18.4 Å². The molecule has 0 fully saturated rings. The first kappa shape index (κ1) is 9.36. The number of hydrogen-bond donors (Lipinski definition) is 2. The van der Waals surface area contributed by atoms with Crippen LogP contribution in [0.4, 0.5) is 5.69 Å². The molecule has 0 aliphatic rings. The molecule has 0 heterocycles. The highest BCUT2D eigenvalue weighted by Gasteiger charge is 1.99. The largest absolute Gasteiger partial charge is 0.491 e. The zero-order valence-electron chi connectivity index (χ0n) is 7.03. The van der Waals surface area contributed by atoms with Crippen LogP contribution in [0.3, 0.4) is 0 Å². The van der Waals surface area contributed by atoms with Gasteiger partial charge < -0.3 is 15.6 Å². The number of aliphatic hydroxyl groups is 1. The maximum absolute atomic E-state index is 8.57. The van der Waals surface area contributed by atoms with E-state index in [-0.39, 0.29) is 13.2 Å². The number of hydrogen-bond acceptors (Lipinski definition) is 4. The average molecular weight is 178 g/mol. The molecule has 0 aromatic heterocycles. The van der Waals surface area contributed by atoms with Crippen molar-refractivity contribution in [3.63, 3.8) is 0 Å². The molecule has 1 aromatic carbocycles. The van der Waals surface area contributed by atoms with Crippen molar-refractivity contribution in [3.05, 3.63) is 23.8 Å². The number of ether oxygens (including phenoxy) is 1. The molecule has 0 radical (unpaired) electrons. The molecule has 0 amide bonds. The summed E-state index contributed by atoms with van der Waals surface area (Å²) in [6.45, 7) is 0.186. The van der Waals surface area contributed by atoms with E-state index >= 15 is 0 Å². The lowest BCUT2D eigenvalue weighted by Crippen LogP contribution is -2.02. The molecule has 0 bridgehead atoms. The first-order chi connectivity index (χ1) is 6.27. The first-order valence-electron chi connectivity index (χ1n) is 3.81. The van der Waals surface area contributed by atoms with Crippen LogP contribution in [-0.2, 0) is 0 Å². The third-order valence-corrected chi connectivity index (χ3v) is 1.50. The van der Waals surface area contributed by atoms with Gasteiger partial charge in [-0.3, -0.25) is 0 Å². The van der Waals surface area contributed by atoms with E-state index in [0.29, 0.717) is 17.0 Å². The highest BCUT2D eigenvalue weighted by molar-refractivity contribution is 5.56. The van der Waals surface area contributed by atoms with Crippen molar-refractivity contribution in [2.75, 3.05) is 18.9 Å². The zero-order valence-corrected chi connectivity index (χ0v) is 7.03. The SMILES string of the molecule is N#Cc1ccc(OCCO)cc1N. The van der Waals surface area contributed by atoms with Gasteiger partial charge in [0, 0.05) is 6.07 Å². The van der Waals surface area contributed by atoms with Crippen molar-refractivity contribution in [2.24, 2.45) is 0 Å². The van der Waals surface area contributed by atoms with Gasteiger partial charge in [0.05, 0.1) is 17.9 Å². The van der Waals surface area contributed by atoms with Crippen LogP contribution in [0, 0.1) is 11.3 Å². The molecule has 4 nitrogen and oxygen atoms in total. The Hall–Kier alpha value is -1.73. The number of nitrogen functional groups attached to an aromatic ring is 1. The number of benzene rings is 1. The van der Waals surface area contributed by atoms with Crippen molar-refractivity contribution < 1.29 is 9.84 Å². The molecule has 0 spiro atoms. The summed E-state index contributed by atoms with van der Waals surface area (Å²) in [5.74, 6) is 0.561. The van der Waals surface area contributed by atoms with Crippen LogP contribution in [0.5, 0.6) is 5.75 Å². The monoisotopic (exact) mass is 178 g/mol. The number of anilines is 1. The molecule has 0 saturated carbocycles. The molecule has 1 rings (SSSR count). The quantitative estimate of drug-likeness (QED) is 0.661. The van der Waals surface area contributed by atoms with Crippen LogP contribution in [-0.4, -0.2) is 18.3 Å². The Morgan fingerprint density at radius 3 is 2.85 bits per heavy atom. The van der Waals surface area contributed by atoms with Gasteiger partial charge >= 0.3 is 0 Å². The number of aliphatic hydroxyl groups excluding tert-OH is 1. The van der Waals surface area contributed by atoms with Crippen LogP contribution in [0.15, 0.2) is 18.2 Å². The first-order valence-corrected chi connectivity index (χ1v) is 3.81. The van der Waals surface area contributed by atoms with Gasteiger partial charge in [0.15, 0.2) is 0 Å². The van der Waals surface area contributed by atoms with Gasteiger partial charge in [0.2, 0.25) is 0 Å². The van der Waals surface area contributed by atoms with Crippen molar-refractivity contribution in [1.29, 1.82) is 5.26 Å². The summed E-state index contributed by atoms with van der Waals surface area (Å²) in [6, 6.07) is 6.74. The molecule has 1 aromatic rings. The fourth-order valence-corrected chi connectivity index (χ4v) is 0.896. The molecule has 0 unspecified atom stereocenters. The summed E-state index contributed by atoms with van der Waals surface area (Å²) in [5.41, 5.74) is 6.35. The minimum atomic E-state index is -0.0418. The van der Waals surface area contributed by atoms with Crippen molar-refractivity contribution >= 4 is 5.69 Å². The summed E-state index contributed by atoms with van der Waals surface area (Å²) in [7, 11) is 0. The Morgan fingerprint density at radius 2 is 2.31 bits per heavy atom. The Kier molecular flexibility index (Phi) is 3.12. The van der Waals surface area contributed by atoms with Crippen LogP contribution in [0.1, 0.15) is 5.56 Å². The van der Waals surface area contributed by atoms with Gasteiger partial charge in [-0.2, -0.15) is 5.26 Å². The normalized spacial score (nSPS) is 9.23. The lowest BCUT2D eigenvalue weighted by atomic mass is 10.2. The van der Waals surface area contributed by atoms with Crippen molar-refractivity contribution in [2.45, 2.75) is 0 Å². The van der Waals surface area contributed by atoms with E-state index in [0.717, 1.165) is 0 Å². The summed E-state index contributed by atoms with van der Waals surface area (Å²) in [6.07, 6.45) is 0. The topological polar surface area (TPSA) is 79.3 Å². The average Bonchev–Trinajstić information content (AvgIpc) is 2.15. The third-order valence-electron chi connectivity index (χ3n) is 1.50. The standard InChI is InChI=1S/C9H10N2O2/c10-6-7-1-2-8(5-9(7)11)13-4-3-12/h1-2,5,12H,3-4,11H2. The highest BCUT2D eigenvalue weighted by Crippen LogP contribution is 2.18. The van der Waals surface area contributed by atoms with Gasteiger partial charge in [-0.1, -0.05) is 0 Å². The fourth-order valence-electron chi connectivity index (χ4n) is 0.896. The van der Waals surface area contributed by atoms with Crippen molar-refractivity contribution in [3.8, 4) is 11.8 Å². The van der Waals surface area contributed by atoms with Crippen LogP contribution >= 0.6 is 0 Å². The smallest absolute Gasteiger partial charge is 0.121 e. The summed E-state index contributed by atoms with van der Waals surface area (Å²) < 4.78 is 5.10. The van der Waals surface area contributed by atoms with E-state index in [1.807, 2.05) is 6.07 Å².